The number of nitrogens with zero attached hydrogens (tertiary/aromatic N) is 2. The average Bonchev–Trinajstić information content (AvgIpc) is 2.88. The van der Waals surface area contributed by atoms with Crippen molar-refractivity contribution in [3.05, 3.63) is 51.8 Å². The van der Waals surface area contributed by atoms with Crippen molar-refractivity contribution < 1.29 is 8.78 Å². The van der Waals surface area contributed by atoms with Gasteiger partial charge in [0.05, 0.1) is 16.2 Å². The lowest BCUT2D eigenvalue weighted by Crippen LogP contribution is -2.22. The minimum absolute atomic E-state index is 0.135. The van der Waals surface area contributed by atoms with Gasteiger partial charge in [-0.1, -0.05) is 6.07 Å². The van der Waals surface area contributed by atoms with Gasteiger partial charge in [-0.05, 0) is 47.6 Å². The van der Waals surface area contributed by atoms with E-state index >= 15 is 0 Å². The SMILES string of the molecule is CCn1nccc1C(NC)c1ccc(F)c(F)c1Br. The zero-order valence-corrected chi connectivity index (χ0v) is 12.2. The van der Waals surface area contributed by atoms with Gasteiger partial charge in [0.1, 0.15) is 0 Å². The highest BCUT2D eigenvalue weighted by atomic mass is 79.9. The topological polar surface area (TPSA) is 29.9 Å². The van der Waals surface area contributed by atoms with Gasteiger partial charge in [0.25, 0.3) is 0 Å². The fourth-order valence-electron chi connectivity index (χ4n) is 2.08. The van der Waals surface area contributed by atoms with Crippen LogP contribution in [0.3, 0.4) is 0 Å². The Balaban J connectivity index is 2.52. The summed E-state index contributed by atoms with van der Waals surface area (Å²) < 4.78 is 28.8. The molecule has 102 valence electrons. The van der Waals surface area contributed by atoms with E-state index in [0.29, 0.717) is 12.1 Å². The number of aryl methyl sites for hydroxylation is 1. The van der Waals surface area contributed by atoms with Crippen LogP contribution in [0.15, 0.2) is 28.9 Å². The number of hydrogen-bond donors (Lipinski definition) is 1. The van der Waals surface area contributed by atoms with E-state index in [1.54, 1.807) is 19.3 Å². The molecule has 6 heteroatoms. The number of benzene rings is 1. The predicted molar refractivity (Wildman–Crippen MR) is 72.9 cm³/mol. The molecule has 1 aromatic carbocycles. The van der Waals surface area contributed by atoms with Gasteiger partial charge < -0.3 is 5.32 Å². The summed E-state index contributed by atoms with van der Waals surface area (Å²) in [5.74, 6) is -1.74. The standard InChI is InChI=1S/C13H14BrF2N3/c1-3-19-10(6-7-18-19)13(17-2)8-4-5-9(15)12(16)11(8)14/h4-7,13,17H,3H2,1-2H3. The molecule has 0 bridgehead atoms. The van der Waals surface area contributed by atoms with Crippen LogP contribution >= 0.6 is 15.9 Å². The van der Waals surface area contributed by atoms with Gasteiger partial charge in [0, 0.05) is 12.7 Å². The third-order valence-corrected chi connectivity index (χ3v) is 3.82. The van der Waals surface area contributed by atoms with Crippen LogP contribution in [0.1, 0.15) is 24.2 Å². The molecule has 0 saturated carbocycles. The van der Waals surface area contributed by atoms with Crippen molar-refractivity contribution in [3.8, 4) is 0 Å². The highest BCUT2D eigenvalue weighted by Crippen LogP contribution is 2.31. The minimum atomic E-state index is -0.875. The molecular weight excluding hydrogens is 316 g/mol. The summed E-state index contributed by atoms with van der Waals surface area (Å²) >= 11 is 3.12. The second-order valence-electron chi connectivity index (χ2n) is 4.06. The number of nitrogens with one attached hydrogen (secondary N) is 1. The van der Waals surface area contributed by atoms with Crippen molar-refractivity contribution in [3.63, 3.8) is 0 Å². The molecule has 0 amide bonds. The fourth-order valence-corrected chi connectivity index (χ4v) is 2.63. The van der Waals surface area contributed by atoms with E-state index in [9.17, 15) is 8.78 Å². The van der Waals surface area contributed by atoms with Crippen LogP contribution in [0.4, 0.5) is 8.78 Å². The van der Waals surface area contributed by atoms with E-state index in [0.717, 1.165) is 11.8 Å². The Hall–Kier alpha value is -1.27. The molecule has 1 N–H and O–H groups in total. The summed E-state index contributed by atoms with van der Waals surface area (Å²) in [4.78, 5) is 0. The molecule has 1 atom stereocenters. The summed E-state index contributed by atoms with van der Waals surface area (Å²) in [6.07, 6.45) is 1.69. The Bertz CT molecular complexity index is 583. The Morgan fingerprint density at radius 1 is 1.37 bits per heavy atom. The molecule has 0 fully saturated rings. The van der Waals surface area contributed by atoms with Crippen molar-refractivity contribution in [2.75, 3.05) is 7.05 Å². The number of hydrogen-bond acceptors (Lipinski definition) is 2. The zero-order valence-electron chi connectivity index (χ0n) is 10.6. The Morgan fingerprint density at radius 2 is 2.11 bits per heavy atom. The van der Waals surface area contributed by atoms with Gasteiger partial charge in [0.2, 0.25) is 0 Å². The van der Waals surface area contributed by atoms with Crippen LogP contribution in [0.2, 0.25) is 0 Å². The summed E-state index contributed by atoms with van der Waals surface area (Å²) in [7, 11) is 1.77. The first-order chi connectivity index (χ1) is 9.10. The Kier molecular flexibility index (Phi) is 4.31. The zero-order chi connectivity index (χ0) is 14.0. The molecule has 3 nitrogen and oxygen atoms in total. The predicted octanol–water partition coefficient (Wildman–Crippen LogP) is 3.25. The van der Waals surface area contributed by atoms with Crippen LogP contribution in [-0.4, -0.2) is 16.8 Å². The largest absolute Gasteiger partial charge is 0.308 e. The highest BCUT2D eigenvalue weighted by Gasteiger charge is 2.21. The molecule has 2 aromatic rings. The lowest BCUT2D eigenvalue weighted by molar-refractivity contribution is 0.496. The molecule has 0 aliphatic heterocycles. The van der Waals surface area contributed by atoms with Gasteiger partial charge in [0.15, 0.2) is 11.6 Å². The van der Waals surface area contributed by atoms with E-state index < -0.39 is 11.6 Å². The third-order valence-electron chi connectivity index (χ3n) is 3.01. The van der Waals surface area contributed by atoms with Crippen LogP contribution in [0, 0.1) is 11.6 Å². The minimum Gasteiger partial charge on any atom is -0.308 e. The van der Waals surface area contributed by atoms with Gasteiger partial charge in [-0.3, -0.25) is 4.68 Å². The third kappa shape index (κ3) is 2.55. The van der Waals surface area contributed by atoms with E-state index in [2.05, 4.69) is 26.3 Å². The molecule has 0 radical (unpaired) electrons. The van der Waals surface area contributed by atoms with Crippen molar-refractivity contribution in [2.24, 2.45) is 0 Å². The maximum absolute atomic E-state index is 13.6. The van der Waals surface area contributed by atoms with Crippen molar-refractivity contribution in [1.82, 2.24) is 15.1 Å². The van der Waals surface area contributed by atoms with Crippen LogP contribution in [-0.2, 0) is 6.54 Å². The summed E-state index contributed by atoms with van der Waals surface area (Å²) in [6, 6.07) is 4.30. The summed E-state index contributed by atoms with van der Waals surface area (Å²) in [5.41, 5.74) is 1.54. The van der Waals surface area contributed by atoms with E-state index in [-0.39, 0.29) is 10.5 Å². The molecule has 0 saturated heterocycles. The van der Waals surface area contributed by atoms with E-state index in [1.165, 1.54) is 0 Å². The monoisotopic (exact) mass is 329 g/mol. The average molecular weight is 330 g/mol. The summed E-state index contributed by atoms with van der Waals surface area (Å²) in [6.45, 7) is 2.69. The molecule has 19 heavy (non-hydrogen) atoms. The van der Waals surface area contributed by atoms with Crippen LogP contribution in [0.25, 0.3) is 0 Å². The highest BCUT2D eigenvalue weighted by molar-refractivity contribution is 9.10. The molecule has 1 aromatic heterocycles. The van der Waals surface area contributed by atoms with Gasteiger partial charge >= 0.3 is 0 Å². The van der Waals surface area contributed by atoms with Crippen LogP contribution < -0.4 is 5.32 Å². The number of halogens is 3. The molecule has 0 aliphatic carbocycles. The van der Waals surface area contributed by atoms with Crippen LogP contribution in [0.5, 0.6) is 0 Å². The van der Waals surface area contributed by atoms with Gasteiger partial charge in [-0.2, -0.15) is 5.10 Å². The first-order valence-electron chi connectivity index (χ1n) is 5.92. The maximum atomic E-state index is 13.6. The van der Waals surface area contributed by atoms with Gasteiger partial charge in [-0.15, -0.1) is 0 Å². The molecular formula is C13H14BrF2N3. The second-order valence-corrected chi connectivity index (χ2v) is 4.85. The van der Waals surface area contributed by atoms with Gasteiger partial charge in [-0.25, -0.2) is 8.78 Å². The quantitative estimate of drug-likeness (QED) is 0.872. The fraction of sp³-hybridized carbons (Fsp3) is 0.308. The maximum Gasteiger partial charge on any atom is 0.173 e. The van der Waals surface area contributed by atoms with Crippen molar-refractivity contribution in [1.29, 1.82) is 0 Å². The number of rotatable bonds is 4. The Morgan fingerprint density at radius 3 is 2.74 bits per heavy atom. The van der Waals surface area contributed by atoms with E-state index in [1.807, 2.05) is 17.7 Å². The molecule has 0 aliphatic rings. The molecule has 2 rings (SSSR count). The molecule has 0 spiro atoms. The number of aromatic nitrogens is 2. The first-order valence-corrected chi connectivity index (χ1v) is 6.71. The second kappa shape index (κ2) is 5.79. The van der Waals surface area contributed by atoms with E-state index in [4.69, 9.17) is 0 Å². The lowest BCUT2D eigenvalue weighted by Gasteiger charge is -2.19. The first kappa shape index (κ1) is 14.1. The Labute approximate surface area is 118 Å². The normalized spacial score (nSPS) is 12.7. The lowest BCUT2D eigenvalue weighted by atomic mass is 10.0. The molecule has 1 unspecified atom stereocenters. The van der Waals surface area contributed by atoms with Crippen molar-refractivity contribution in [2.45, 2.75) is 19.5 Å². The smallest absolute Gasteiger partial charge is 0.173 e. The van der Waals surface area contributed by atoms with Crippen molar-refractivity contribution >= 4 is 15.9 Å². The summed E-state index contributed by atoms with van der Waals surface area (Å²) in [5, 5.41) is 7.30. The molecule has 1 heterocycles.